The maximum Gasteiger partial charge on any atom is 0.0668 e. The molecule has 1 aromatic heterocycles. The molecule has 2 heteroatoms. The van der Waals surface area contributed by atoms with E-state index in [-0.39, 0.29) is 0 Å². The van der Waals surface area contributed by atoms with Gasteiger partial charge >= 0.3 is 0 Å². The molecule has 78 valence electrons. The second-order valence-corrected chi connectivity index (χ2v) is 4.34. The molecule has 0 aliphatic carbocycles. The lowest BCUT2D eigenvalue weighted by Crippen LogP contribution is -1.85. The molecular weight excluding hydrogens is 218 g/mol. The molecule has 0 radical (unpaired) electrons. The highest BCUT2D eigenvalue weighted by atomic mass is 35.5. The molecule has 0 saturated carbocycles. The van der Waals surface area contributed by atoms with E-state index >= 15 is 0 Å². The Balaban J connectivity index is 2.56. The highest BCUT2D eigenvalue weighted by molar-refractivity contribution is 6.35. The van der Waals surface area contributed by atoms with Crippen molar-refractivity contribution >= 4 is 33.1 Å². The van der Waals surface area contributed by atoms with Crippen molar-refractivity contribution in [1.29, 1.82) is 0 Å². The quantitative estimate of drug-likeness (QED) is 0.521. The highest BCUT2D eigenvalue weighted by Gasteiger charge is 2.04. The van der Waals surface area contributed by atoms with E-state index in [0.717, 1.165) is 16.5 Å². The third-order valence-electron chi connectivity index (χ3n) is 2.90. The lowest BCUT2D eigenvalue weighted by atomic mass is 10.0. The van der Waals surface area contributed by atoms with Gasteiger partial charge in [-0.05, 0) is 29.8 Å². The number of rotatable bonds is 0. The summed E-state index contributed by atoms with van der Waals surface area (Å²) in [4.78, 5) is 4.28. The molecule has 0 amide bonds. The third-order valence-corrected chi connectivity index (χ3v) is 3.21. The van der Waals surface area contributed by atoms with Gasteiger partial charge in [-0.1, -0.05) is 35.9 Å². The van der Waals surface area contributed by atoms with Crippen LogP contribution >= 0.6 is 11.6 Å². The average molecular weight is 228 g/mol. The van der Waals surface area contributed by atoms with Gasteiger partial charge in [-0.3, -0.25) is 4.98 Å². The van der Waals surface area contributed by atoms with Gasteiger partial charge in [0.25, 0.3) is 0 Å². The first kappa shape index (κ1) is 9.61. The van der Waals surface area contributed by atoms with Crippen LogP contribution in [0.15, 0.2) is 42.6 Å². The summed E-state index contributed by atoms with van der Waals surface area (Å²) < 4.78 is 0. The minimum absolute atomic E-state index is 0.714. The van der Waals surface area contributed by atoms with Crippen LogP contribution in [0.1, 0.15) is 5.69 Å². The molecule has 0 atom stereocenters. The van der Waals surface area contributed by atoms with Crippen LogP contribution in [0.3, 0.4) is 0 Å². The standard InChI is InChI=1S/C14H10ClN/c1-9-12-6-10-4-2-3-5-11(10)7-13(12)14(15)8-16-9/h2-8H,1H3. The zero-order chi connectivity index (χ0) is 11.1. The Kier molecular flexibility index (Phi) is 2.08. The second-order valence-electron chi connectivity index (χ2n) is 3.94. The van der Waals surface area contributed by atoms with Gasteiger partial charge in [0.05, 0.1) is 5.02 Å². The van der Waals surface area contributed by atoms with Crippen molar-refractivity contribution in [3.05, 3.63) is 53.3 Å². The zero-order valence-corrected chi connectivity index (χ0v) is 9.62. The summed E-state index contributed by atoms with van der Waals surface area (Å²) in [5.41, 5.74) is 1.02. The first-order valence-corrected chi connectivity index (χ1v) is 5.57. The molecule has 1 nitrogen and oxygen atoms in total. The normalized spacial score (nSPS) is 11.1. The molecule has 0 unspecified atom stereocenters. The predicted octanol–water partition coefficient (Wildman–Crippen LogP) is 4.35. The molecule has 0 aliphatic heterocycles. The smallest absolute Gasteiger partial charge is 0.0668 e. The Morgan fingerprint density at radius 3 is 2.31 bits per heavy atom. The summed E-state index contributed by atoms with van der Waals surface area (Å²) in [5, 5.41) is 5.36. The number of hydrogen-bond acceptors (Lipinski definition) is 1. The summed E-state index contributed by atoms with van der Waals surface area (Å²) in [6.07, 6.45) is 1.72. The van der Waals surface area contributed by atoms with Gasteiger partial charge in [-0.15, -0.1) is 0 Å². The highest BCUT2D eigenvalue weighted by Crippen LogP contribution is 2.29. The fraction of sp³-hybridized carbons (Fsp3) is 0.0714. The van der Waals surface area contributed by atoms with Gasteiger partial charge in [0.1, 0.15) is 0 Å². The first-order valence-electron chi connectivity index (χ1n) is 5.19. The largest absolute Gasteiger partial charge is 0.259 e. The molecule has 16 heavy (non-hydrogen) atoms. The maximum absolute atomic E-state index is 6.17. The van der Waals surface area contributed by atoms with E-state index in [0.29, 0.717) is 5.02 Å². The molecule has 0 saturated heterocycles. The number of pyridine rings is 1. The van der Waals surface area contributed by atoms with Crippen LogP contribution in [-0.2, 0) is 0 Å². The Labute approximate surface area is 98.7 Å². The van der Waals surface area contributed by atoms with Crippen molar-refractivity contribution in [3.63, 3.8) is 0 Å². The number of benzene rings is 2. The van der Waals surface area contributed by atoms with Gasteiger partial charge in [0.15, 0.2) is 0 Å². The van der Waals surface area contributed by atoms with Crippen LogP contribution < -0.4 is 0 Å². The van der Waals surface area contributed by atoms with Gasteiger partial charge in [0, 0.05) is 22.7 Å². The molecule has 0 aliphatic rings. The number of halogens is 1. The Morgan fingerprint density at radius 2 is 1.62 bits per heavy atom. The molecule has 0 bridgehead atoms. The van der Waals surface area contributed by atoms with Crippen molar-refractivity contribution in [2.45, 2.75) is 6.92 Å². The monoisotopic (exact) mass is 227 g/mol. The fourth-order valence-corrected chi connectivity index (χ4v) is 2.23. The fourth-order valence-electron chi connectivity index (χ4n) is 2.03. The molecule has 1 heterocycles. The number of aromatic nitrogens is 1. The van der Waals surface area contributed by atoms with Gasteiger partial charge in [0.2, 0.25) is 0 Å². The van der Waals surface area contributed by atoms with E-state index < -0.39 is 0 Å². The predicted molar refractivity (Wildman–Crippen MR) is 69.0 cm³/mol. The third kappa shape index (κ3) is 1.36. The molecule has 0 fully saturated rings. The summed E-state index contributed by atoms with van der Waals surface area (Å²) in [6, 6.07) is 12.6. The lowest BCUT2D eigenvalue weighted by molar-refractivity contribution is 1.24. The van der Waals surface area contributed by atoms with Crippen LogP contribution in [0.4, 0.5) is 0 Å². The van der Waals surface area contributed by atoms with Crippen LogP contribution in [-0.4, -0.2) is 4.98 Å². The molecule has 0 N–H and O–H groups in total. The SMILES string of the molecule is Cc1ncc(Cl)c2cc3ccccc3cc12. The van der Waals surface area contributed by atoms with Gasteiger partial charge < -0.3 is 0 Å². The Morgan fingerprint density at radius 1 is 1.00 bits per heavy atom. The summed E-state index contributed by atoms with van der Waals surface area (Å²) in [6.45, 7) is 2.01. The van der Waals surface area contributed by atoms with E-state index in [1.165, 1.54) is 10.8 Å². The Hall–Kier alpha value is -1.60. The van der Waals surface area contributed by atoms with Crippen LogP contribution in [0.2, 0.25) is 5.02 Å². The van der Waals surface area contributed by atoms with Crippen molar-refractivity contribution < 1.29 is 0 Å². The number of hydrogen-bond donors (Lipinski definition) is 0. The lowest BCUT2D eigenvalue weighted by Gasteiger charge is -2.05. The zero-order valence-electron chi connectivity index (χ0n) is 8.87. The topological polar surface area (TPSA) is 12.9 Å². The van der Waals surface area contributed by atoms with Crippen molar-refractivity contribution in [1.82, 2.24) is 4.98 Å². The van der Waals surface area contributed by atoms with Gasteiger partial charge in [-0.2, -0.15) is 0 Å². The number of fused-ring (bicyclic) bond motifs is 2. The molecule has 3 rings (SSSR count). The summed E-state index contributed by atoms with van der Waals surface area (Å²) in [7, 11) is 0. The van der Waals surface area contributed by atoms with Gasteiger partial charge in [-0.25, -0.2) is 0 Å². The molecular formula is C14H10ClN. The maximum atomic E-state index is 6.17. The molecule has 3 aromatic rings. The average Bonchev–Trinajstić information content (AvgIpc) is 2.32. The van der Waals surface area contributed by atoms with Crippen LogP contribution in [0.5, 0.6) is 0 Å². The Bertz CT molecular complexity index is 629. The minimum atomic E-state index is 0.714. The van der Waals surface area contributed by atoms with Crippen LogP contribution in [0, 0.1) is 6.92 Å². The number of nitrogens with zero attached hydrogens (tertiary/aromatic N) is 1. The van der Waals surface area contributed by atoms with Crippen molar-refractivity contribution in [3.8, 4) is 0 Å². The van der Waals surface area contributed by atoms with E-state index in [2.05, 4.69) is 29.2 Å². The summed E-state index contributed by atoms with van der Waals surface area (Å²) >= 11 is 6.17. The van der Waals surface area contributed by atoms with E-state index in [1.807, 2.05) is 19.1 Å². The van der Waals surface area contributed by atoms with Crippen molar-refractivity contribution in [2.24, 2.45) is 0 Å². The van der Waals surface area contributed by atoms with Crippen LogP contribution in [0.25, 0.3) is 21.5 Å². The van der Waals surface area contributed by atoms with E-state index in [9.17, 15) is 0 Å². The molecule has 0 spiro atoms. The second kappa shape index (κ2) is 3.46. The molecule has 2 aromatic carbocycles. The minimum Gasteiger partial charge on any atom is -0.259 e. The number of aryl methyl sites for hydroxylation is 1. The van der Waals surface area contributed by atoms with E-state index in [1.54, 1.807) is 6.20 Å². The van der Waals surface area contributed by atoms with Crippen molar-refractivity contribution in [2.75, 3.05) is 0 Å². The van der Waals surface area contributed by atoms with E-state index in [4.69, 9.17) is 11.6 Å². The first-order chi connectivity index (χ1) is 7.75. The summed E-state index contributed by atoms with van der Waals surface area (Å²) in [5.74, 6) is 0.